The lowest BCUT2D eigenvalue weighted by atomic mass is 9.92. The number of aromatic nitrogens is 2. The molecule has 0 bridgehead atoms. The Morgan fingerprint density at radius 1 is 0.712 bits per heavy atom. The maximum Gasteiger partial charge on any atom is 0.308 e. The number of methoxy groups -OCH3 is 2. The third kappa shape index (κ3) is 7.47. The Kier molecular flexibility index (Phi) is 11.4. The highest BCUT2D eigenvalue weighted by Gasteiger charge is 2.37. The molecule has 2 aromatic heterocycles. The highest BCUT2D eigenvalue weighted by molar-refractivity contribution is 6.32. The number of carboxylic acid groups (broad SMARTS) is 2. The Labute approximate surface area is 311 Å². The SMILES string of the molecule is COc1nc(OCc2cccc(-c3cccc(COc4nc(OC)c(C5NCCC5C(=O)O)cc4Cl)c3C)c2C)c(Cl)cc1C1NCCC1C(=O)O. The first-order valence-electron chi connectivity index (χ1n) is 16.9. The zero-order chi connectivity index (χ0) is 37.1. The summed E-state index contributed by atoms with van der Waals surface area (Å²) in [5, 5.41) is 26.3. The maximum atomic E-state index is 11.8. The average molecular weight is 752 g/mol. The van der Waals surface area contributed by atoms with Crippen molar-refractivity contribution in [1.29, 1.82) is 0 Å². The predicted molar refractivity (Wildman–Crippen MR) is 195 cm³/mol. The van der Waals surface area contributed by atoms with E-state index in [-0.39, 0.29) is 46.8 Å². The molecule has 0 saturated carbocycles. The minimum atomic E-state index is -0.889. The molecule has 4 aromatic rings. The van der Waals surface area contributed by atoms with Gasteiger partial charge < -0.3 is 39.8 Å². The fraction of sp³-hybridized carbons (Fsp3) is 0.368. The number of carbonyl (C=O) groups is 2. The van der Waals surface area contributed by atoms with Gasteiger partial charge in [-0.25, -0.2) is 0 Å². The number of nitrogens with one attached hydrogen (secondary N) is 2. The van der Waals surface area contributed by atoms with E-state index in [2.05, 4.69) is 20.6 Å². The highest BCUT2D eigenvalue weighted by Crippen LogP contribution is 2.41. The lowest BCUT2D eigenvalue weighted by Crippen LogP contribution is -2.24. The van der Waals surface area contributed by atoms with Crippen LogP contribution in [0.25, 0.3) is 11.1 Å². The molecule has 2 fully saturated rings. The van der Waals surface area contributed by atoms with Crippen molar-refractivity contribution >= 4 is 35.1 Å². The fourth-order valence-corrected chi connectivity index (χ4v) is 7.49. The summed E-state index contributed by atoms with van der Waals surface area (Å²) in [6.45, 7) is 5.55. The van der Waals surface area contributed by atoms with Crippen molar-refractivity contribution < 1.29 is 38.7 Å². The normalized spacial score (nSPS) is 19.7. The Morgan fingerprint density at radius 3 is 1.48 bits per heavy atom. The van der Waals surface area contributed by atoms with Crippen LogP contribution in [0.2, 0.25) is 10.0 Å². The summed E-state index contributed by atoms with van der Waals surface area (Å²) in [7, 11) is 2.96. The lowest BCUT2D eigenvalue weighted by molar-refractivity contribution is -0.143. The van der Waals surface area contributed by atoms with Gasteiger partial charge in [-0.1, -0.05) is 59.6 Å². The van der Waals surface area contributed by atoms with Gasteiger partial charge in [-0.3, -0.25) is 9.59 Å². The molecule has 4 unspecified atom stereocenters. The molecule has 52 heavy (non-hydrogen) atoms. The average Bonchev–Trinajstić information content (AvgIpc) is 3.83. The van der Waals surface area contributed by atoms with Crippen molar-refractivity contribution in [2.45, 2.75) is 52.0 Å². The zero-order valence-electron chi connectivity index (χ0n) is 29.2. The van der Waals surface area contributed by atoms with Crippen LogP contribution in [0.15, 0.2) is 48.5 Å². The first-order chi connectivity index (χ1) is 25.0. The van der Waals surface area contributed by atoms with Crippen molar-refractivity contribution in [3.63, 3.8) is 0 Å². The zero-order valence-corrected chi connectivity index (χ0v) is 30.7. The van der Waals surface area contributed by atoms with E-state index in [0.717, 1.165) is 33.4 Å². The first kappa shape index (κ1) is 37.1. The summed E-state index contributed by atoms with van der Waals surface area (Å²) < 4.78 is 23.3. The van der Waals surface area contributed by atoms with E-state index >= 15 is 0 Å². The van der Waals surface area contributed by atoms with E-state index in [0.29, 0.717) is 37.1 Å². The Hall–Kier alpha value is -4.62. The van der Waals surface area contributed by atoms with E-state index in [1.807, 2.05) is 50.2 Å². The minimum absolute atomic E-state index is 0.182. The molecule has 0 radical (unpaired) electrons. The summed E-state index contributed by atoms with van der Waals surface area (Å²) in [6.07, 6.45) is 0.990. The van der Waals surface area contributed by atoms with Gasteiger partial charge in [-0.05, 0) is 85.3 Å². The number of aliphatic carboxylic acids is 2. The number of nitrogens with zero attached hydrogens (tertiary/aromatic N) is 2. The number of benzene rings is 2. The molecule has 4 heterocycles. The van der Waals surface area contributed by atoms with Crippen LogP contribution in [-0.2, 0) is 22.8 Å². The third-order valence-electron chi connectivity index (χ3n) is 9.92. The second-order valence-electron chi connectivity index (χ2n) is 12.8. The van der Waals surface area contributed by atoms with Crippen molar-refractivity contribution in [1.82, 2.24) is 20.6 Å². The van der Waals surface area contributed by atoms with Gasteiger partial charge in [0.25, 0.3) is 0 Å². The van der Waals surface area contributed by atoms with Crippen molar-refractivity contribution in [3.8, 4) is 34.6 Å². The fourth-order valence-electron chi connectivity index (χ4n) is 7.06. The molecule has 6 rings (SSSR count). The van der Waals surface area contributed by atoms with Crippen LogP contribution in [-0.4, -0.2) is 59.4 Å². The predicted octanol–water partition coefficient (Wildman–Crippen LogP) is 6.71. The largest absolute Gasteiger partial charge is 0.481 e. The van der Waals surface area contributed by atoms with Crippen LogP contribution in [0, 0.1) is 25.7 Å². The standard InChI is InChI=1S/C38H40Cl2N4O8/c1-19-21(17-51-35-29(39)15-27(33(43-35)49-3)31-25(37(45)46)11-13-41-31)7-5-9-23(19)24-10-6-8-22(20(24)2)18-52-36-30(40)16-28(34(44-36)50-4)32-26(38(47)48)12-14-42-32/h5-10,15-16,25-26,31-32,41-42H,11-14,17-18H2,1-4H3,(H,45,46)(H,47,48). The molecular formula is C38H40Cl2N4O8. The van der Waals surface area contributed by atoms with E-state index in [1.54, 1.807) is 12.1 Å². The minimum Gasteiger partial charge on any atom is -0.481 e. The summed E-state index contributed by atoms with van der Waals surface area (Å²) in [5.74, 6) is -2.12. The number of hydrogen-bond donors (Lipinski definition) is 4. The summed E-state index contributed by atoms with van der Waals surface area (Å²) in [6, 6.07) is 14.4. The van der Waals surface area contributed by atoms with Crippen LogP contribution >= 0.6 is 23.2 Å². The smallest absolute Gasteiger partial charge is 0.308 e. The van der Waals surface area contributed by atoms with Crippen LogP contribution < -0.4 is 29.6 Å². The lowest BCUT2D eigenvalue weighted by Gasteiger charge is -2.20. The topological polar surface area (TPSA) is 161 Å². The second kappa shape index (κ2) is 16.0. The van der Waals surface area contributed by atoms with E-state index in [1.165, 1.54) is 14.2 Å². The van der Waals surface area contributed by atoms with Gasteiger partial charge in [0.05, 0.1) is 38.1 Å². The highest BCUT2D eigenvalue weighted by atomic mass is 35.5. The number of halogens is 2. The van der Waals surface area contributed by atoms with Gasteiger partial charge in [0, 0.05) is 11.1 Å². The molecule has 14 heteroatoms. The summed E-state index contributed by atoms with van der Waals surface area (Å²) >= 11 is 13.2. The number of rotatable bonds is 13. The number of hydrogen-bond acceptors (Lipinski definition) is 10. The van der Waals surface area contributed by atoms with Crippen LogP contribution in [0.5, 0.6) is 23.5 Å². The van der Waals surface area contributed by atoms with Gasteiger partial charge in [0.1, 0.15) is 23.3 Å². The van der Waals surface area contributed by atoms with Gasteiger partial charge in [-0.2, -0.15) is 9.97 Å². The van der Waals surface area contributed by atoms with E-state index in [9.17, 15) is 19.8 Å². The van der Waals surface area contributed by atoms with Gasteiger partial charge in [0.15, 0.2) is 0 Å². The molecule has 2 aliphatic heterocycles. The molecule has 2 aromatic carbocycles. The molecule has 274 valence electrons. The first-order valence-corrected chi connectivity index (χ1v) is 17.6. The van der Waals surface area contributed by atoms with Gasteiger partial charge in [0.2, 0.25) is 23.5 Å². The Bertz CT molecular complexity index is 1850. The molecule has 12 nitrogen and oxygen atoms in total. The van der Waals surface area contributed by atoms with Gasteiger partial charge >= 0.3 is 11.9 Å². The number of carboxylic acids is 2. The summed E-state index contributed by atoms with van der Waals surface area (Å²) in [5.41, 5.74) is 7.04. The van der Waals surface area contributed by atoms with Crippen LogP contribution in [0.1, 0.15) is 58.3 Å². The van der Waals surface area contributed by atoms with Crippen molar-refractivity contribution in [3.05, 3.63) is 92.0 Å². The number of pyridine rings is 2. The second-order valence-corrected chi connectivity index (χ2v) is 13.6. The molecule has 0 amide bonds. The molecule has 4 N–H and O–H groups in total. The van der Waals surface area contributed by atoms with Crippen LogP contribution in [0.3, 0.4) is 0 Å². The molecule has 2 aliphatic rings. The number of ether oxygens (including phenoxy) is 4. The quantitative estimate of drug-likeness (QED) is 0.114. The molecule has 4 atom stereocenters. The summed E-state index contributed by atoms with van der Waals surface area (Å²) in [4.78, 5) is 32.6. The maximum absolute atomic E-state index is 11.8. The van der Waals surface area contributed by atoms with E-state index < -0.39 is 35.9 Å². The third-order valence-corrected chi connectivity index (χ3v) is 10.5. The Balaban J connectivity index is 1.19. The van der Waals surface area contributed by atoms with Gasteiger partial charge in [-0.15, -0.1) is 0 Å². The van der Waals surface area contributed by atoms with Crippen molar-refractivity contribution in [2.75, 3.05) is 27.3 Å². The monoisotopic (exact) mass is 750 g/mol. The van der Waals surface area contributed by atoms with E-state index in [4.69, 9.17) is 42.1 Å². The molecule has 0 aliphatic carbocycles. The van der Waals surface area contributed by atoms with Crippen molar-refractivity contribution in [2.24, 2.45) is 11.8 Å². The molecular weight excluding hydrogens is 711 g/mol. The Morgan fingerprint density at radius 2 is 1.12 bits per heavy atom. The molecule has 2 saturated heterocycles. The van der Waals surface area contributed by atoms with Crippen LogP contribution in [0.4, 0.5) is 0 Å². The molecule has 0 spiro atoms.